The molecule has 2 atom stereocenters. The van der Waals surface area contributed by atoms with E-state index in [1.165, 1.54) is 0 Å². The monoisotopic (exact) mass is 311 g/mol. The second-order valence-corrected chi connectivity index (χ2v) is 5.36. The van der Waals surface area contributed by atoms with E-state index in [1.807, 2.05) is 60.7 Å². The molecule has 1 aliphatic rings. The highest BCUT2D eigenvalue weighted by molar-refractivity contribution is 5.83. The summed E-state index contributed by atoms with van der Waals surface area (Å²) in [7, 11) is 0. The second-order valence-electron chi connectivity index (χ2n) is 5.36. The predicted octanol–water partition coefficient (Wildman–Crippen LogP) is 2.45. The Hall–Kier alpha value is -2.82. The molecule has 0 unspecified atom stereocenters. The number of benzene rings is 2. The van der Waals surface area contributed by atoms with Crippen molar-refractivity contribution in [3.8, 4) is 0 Å². The molecule has 0 saturated carbocycles. The van der Waals surface area contributed by atoms with Crippen LogP contribution in [0.5, 0.6) is 0 Å². The number of rotatable bonds is 5. The summed E-state index contributed by atoms with van der Waals surface area (Å²) in [5.74, 6) is -0.534. The number of hydrogen-bond donors (Lipinski definition) is 1. The van der Waals surface area contributed by atoms with Gasteiger partial charge in [0, 0.05) is 0 Å². The van der Waals surface area contributed by atoms with Crippen molar-refractivity contribution in [2.75, 3.05) is 0 Å². The van der Waals surface area contributed by atoms with Crippen LogP contribution in [0.25, 0.3) is 0 Å². The van der Waals surface area contributed by atoms with Gasteiger partial charge >= 0.3 is 12.1 Å². The first-order valence-electron chi connectivity index (χ1n) is 7.44. The van der Waals surface area contributed by atoms with Crippen molar-refractivity contribution in [2.24, 2.45) is 0 Å². The Morgan fingerprint density at radius 2 is 1.61 bits per heavy atom. The van der Waals surface area contributed by atoms with Crippen molar-refractivity contribution in [1.82, 2.24) is 5.32 Å². The Balaban J connectivity index is 1.62. The van der Waals surface area contributed by atoms with E-state index >= 15 is 0 Å². The fraction of sp³-hybridized carbons (Fsp3) is 0.222. The van der Waals surface area contributed by atoms with Crippen LogP contribution in [0.4, 0.5) is 4.79 Å². The van der Waals surface area contributed by atoms with Gasteiger partial charge in [-0.2, -0.15) is 0 Å². The molecule has 2 aromatic carbocycles. The highest BCUT2D eigenvalue weighted by atomic mass is 16.6. The van der Waals surface area contributed by atoms with Gasteiger partial charge in [-0.05, 0) is 17.5 Å². The number of carbonyl (C=O) groups is 2. The van der Waals surface area contributed by atoms with Gasteiger partial charge in [0.25, 0.3) is 0 Å². The summed E-state index contributed by atoms with van der Waals surface area (Å²) in [4.78, 5) is 23.7. The summed E-state index contributed by atoms with van der Waals surface area (Å²) in [5.41, 5.74) is 1.90. The van der Waals surface area contributed by atoms with Crippen molar-refractivity contribution in [1.29, 1.82) is 0 Å². The predicted molar refractivity (Wildman–Crippen MR) is 83.6 cm³/mol. The number of alkyl carbamates (subject to hydrolysis) is 1. The largest absolute Gasteiger partial charge is 0.458 e. The van der Waals surface area contributed by atoms with Gasteiger partial charge in [0.05, 0.1) is 6.04 Å². The Morgan fingerprint density at radius 1 is 1.00 bits per heavy atom. The van der Waals surface area contributed by atoms with Crippen LogP contribution in [0.1, 0.15) is 11.1 Å². The molecular weight excluding hydrogens is 294 g/mol. The smallest absolute Gasteiger partial charge is 0.408 e. The Kier molecular flexibility index (Phi) is 4.57. The molecule has 1 heterocycles. The molecule has 5 nitrogen and oxygen atoms in total. The summed E-state index contributed by atoms with van der Waals surface area (Å²) in [5, 5.41) is 2.67. The molecule has 0 radical (unpaired) electrons. The van der Waals surface area contributed by atoms with Crippen LogP contribution in [0.2, 0.25) is 0 Å². The van der Waals surface area contributed by atoms with Crippen molar-refractivity contribution in [3.63, 3.8) is 0 Å². The minimum absolute atomic E-state index is 0.159. The van der Waals surface area contributed by atoms with E-state index in [9.17, 15) is 9.59 Å². The number of carbonyl (C=O) groups excluding carboxylic acids is 2. The number of cyclic esters (lactones) is 1. The van der Waals surface area contributed by atoms with Gasteiger partial charge in [-0.3, -0.25) is 0 Å². The number of amides is 1. The van der Waals surface area contributed by atoms with E-state index in [0.717, 1.165) is 11.1 Å². The van der Waals surface area contributed by atoms with Crippen molar-refractivity contribution in [3.05, 3.63) is 71.8 Å². The molecule has 2 aromatic rings. The van der Waals surface area contributed by atoms with E-state index in [0.29, 0.717) is 6.42 Å². The van der Waals surface area contributed by atoms with Gasteiger partial charge in [0.1, 0.15) is 6.61 Å². The van der Waals surface area contributed by atoms with Gasteiger partial charge in [-0.25, -0.2) is 9.59 Å². The summed E-state index contributed by atoms with van der Waals surface area (Å²) in [6, 6.07) is 18.6. The van der Waals surface area contributed by atoms with Gasteiger partial charge < -0.3 is 14.8 Å². The minimum Gasteiger partial charge on any atom is -0.458 e. The molecule has 1 N–H and O–H groups in total. The van der Waals surface area contributed by atoms with E-state index in [4.69, 9.17) is 9.47 Å². The number of esters is 1. The molecule has 0 spiro atoms. The van der Waals surface area contributed by atoms with E-state index in [2.05, 4.69) is 5.32 Å². The zero-order chi connectivity index (χ0) is 16.1. The Morgan fingerprint density at radius 3 is 2.26 bits per heavy atom. The molecule has 1 fully saturated rings. The van der Waals surface area contributed by atoms with Crippen LogP contribution in [0, 0.1) is 0 Å². The standard InChI is InChI=1S/C18H17NO4/c20-17(22-12-14-9-5-2-6-10-14)16-15(19-18(21)23-16)11-13-7-3-1-4-8-13/h1-10,15-16H,11-12H2,(H,19,21)/t15-,16+/m1/s1. The molecule has 3 rings (SSSR count). The van der Waals surface area contributed by atoms with Crippen LogP contribution in [-0.4, -0.2) is 24.2 Å². The van der Waals surface area contributed by atoms with E-state index in [1.54, 1.807) is 0 Å². The summed E-state index contributed by atoms with van der Waals surface area (Å²) < 4.78 is 10.3. The number of nitrogens with one attached hydrogen (secondary N) is 1. The summed E-state index contributed by atoms with van der Waals surface area (Å²) in [6.07, 6.45) is -1.00. The third-order valence-electron chi connectivity index (χ3n) is 3.66. The first kappa shape index (κ1) is 15.1. The van der Waals surface area contributed by atoms with E-state index in [-0.39, 0.29) is 6.61 Å². The quantitative estimate of drug-likeness (QED) is 0.862. The van der Waals surface area contributed by atoms with Gasteiger partial charge in [-0.15, -0.1) is 0 Å². The Bertz CT molecular complexity index is 672. The molecule has 1 aliphatic heterocycles. The maximum atomic E-state index is 12.2. The fourth-order valence-electron chi connectivity index (χ4n) is 2.51. The zero-order valence-corrected chi connectivity index (χ0v) is 12.5. The summed E-state index contributed by atoms with van der Waals surface area (Å²) in [6.45, 7) is 0.159. The van der Waals surface area contributed by atoms with Crippen LogP contribution in [0.3, 0.4) is 0 Å². The topological polar surface area (TPSA) is 64.6 Å². The maximum absolute atomic E-state index is 12.2. The van der Waals surface area contributed by atoms with Crippen molar-refractivity contribution < 1.29 is 19.1 Å². The van der Waals surface area contributed by atoms with Crippen LogP contribution in [0.15, 0.2) is 60.7 Å². The molecule has 0 aromatic heterocycles. The van der Waals surface area contributed by atoms with Gasteiger partial charge in [0.2, 0.25) is 6.10 Å². The molecule has 1 amide bonds. The summed E-state index contributed by atoms with van der Waals surface area (Å²) >= 11 is 0. The first-order valence-corrected chi connectivity index (χ1v) is 7.44. The highest BCUT2D eigenvalue weighted by Crippen LogP contribution is 2.16. The molecular formula is C18H17NO4. The third-order valence-corrected chi connectivity index (χ3v) is 3.66. The lowest BCUT2D eigenvalue weighted by molar-refractivity contribution is -0.154. The van der Waals surface area contributed by atoms with Crippen LogP contribution < -0.4 is 5.32 Å². The molecule has 1 saturated heterocycles. The molecule has 118 valence electrons. The lowest BCUT2D eigenvalue weighted by atomic mass is 10.0. The van der Waals surface area contributed by atoms with Crippen molar-refractivity contribution >= 4 is 12.1 Å². The van der Waals surface area contributed by atoms with Crippen LogP contribution in [-0.2, 0) is 27.3 Å². The number of ether oxygens (including phenoxy) is 2. The van der Waals surface area contributed by atoms with Crippen LogP contribution >= 0.6 is 0 Å². The molecule has 0 bridgehead atoms. The fourth-order valence-corrected chi connectivity index (χ4v) is 2.51. The lowest BCUT2D eigenvalue weighted by Gasteiger charge is -2.16. The Labute approximate surface area is 134 Å². The number of hydrogen-bond acceptors (Lipinski definition) is 4. The second kappa shape index (κ2) is 6.96. The molecule has 0 aliphatic carbocycles. The van der Waals surface area contributed by atoms with E-state index < -0.39 is 24.2 Å². The minimum atomic E-state index is -0.925. The normalized spacial score (nSPS) is 19.7. The third kappa shape index (κ3) is 3.88. The zero-order valence-electron chi connectivity index (χ0n) is 12.5. The average Bonchev–Trinajstić information content (AvgIpc) is 2.95. The van der Waals surface area contributed by atoms with Gasteiger partial charge in [-0.1, -0.05) is 60.7 Å². The van der Waals surface area contributed by atoms with Crippen molar-refractivity contribution in [2.45, 2.75) is 25.2 Å². The van der Waals surface area contributed by atoms with Gasteiger partial charge in [0.15, 0.2) is 0 Å². The molecule has 23 heavy (non-hydrogen) atoms. The maximum Gasteiger partial charge on any atom is 0.408 e. The SMILES string of the molecule is O=C1N[C@H](Cc2ccccc2)[C@@H](C(=O)OCc2ccccc2)O1. The molecule has 5 heteroatoms. The first-order chi connectivity index (χ1) is 11.2. The lowest BCUT2D eigenvalue weighted by Crippen LogP contribution is -2.39. The highest BCUT2D eigenvalue weighted by Gasteiger charge is 2.40. The average molecular weight is 311 g/mol.